The van der Waals surface area contributed by atoms with Gasteiger partial charge < -0.3 is 0 Å². The molecule has 2 aliphatic carbocycles. The lowest BCUT2D eigenvalue weighted by Gasteiger charge is -2.37. The predicted octanol–water partition coefficient (Wildman–Crippen LogP) is 5.67. The highest BCUT2D eigenvalue weighted by atomic mass is 14.4. The molecule has 0 bridgehead atoms. The molecule has 0 saturated heterocycles. The van der Waals surface area contributed by atoms with Crippen LogP contribution in [0.15, 0.2) is 18.2 Å². The number of aryl methyl sites for hydroxylation is 3. The van der Waals surface area contributed by atoms with Crippen LogP contribution in [-0.4, -0.2) is 0 Å². The first kappa shape index (κ1) is 13.4. The van der Waals surface area contributed by atoms with Gasteiger partial charge in [-0.3, -0.25) is 0 Å². The van der Waals surface area contributed by atoms with Crippen LogP contribution in [0, 0.1) is 32.6 Å². The molecule has 0 amide bonds. The standard InChI is InChI=1S/C21H26/c1-13-8-9-18-11-19-10-16-6-4-5-7-17(16)12-20(19)15(3)21(18)14(13)2/h8-9,11,16-17H,4-7,10,12H2,1-3H3/t16-,17+/m1/s1. The highest BCUT2D eigenvalue weighted by Crippen LogP contribution is 2.42. The van der Waals surface area contributed by atoms with Crippen LogP contribution in [0.5, 0.6) is 0 Å². The van der Waals surface area contributed by atoms with Gasteiger partial charge in [-0.1, -0.05) is 31.0 Å². The van der Waals surface area contributed by atoms with E-state index in [4.69, 9.17) is 0 Å². The fourth-order valence-electron chi connectivity index (χ4n) is 4.95. The second kappa shape index (κ2) is 4.87. The minimum atomic E-state index is 0.965. The van der Waals surface area contributed by atoms with E-state index in [-0.39, 0.29) is 0 Å². The Kier molecular flexibility index (Phi) is 3.10. The maximum atomic E-state index is 2.51. The minimum absolute atomic E-state index is 0.965. The lowest BCUT2D eigenvalue weighted by atomic mass is 9.67. The van der Waals surface area contributed by atoms with Gasteiger partial charge in [-0.25, -0.2) is 0 Å². The van der Waals surface area contributed by atoms with Gasteiger partial charge in [0.05, 0.1) is 0 Å². The quantitative estimate of drug-likeness (QED) is 0.582. The Morgan fingerprint density at radius 2 is 1.57 bits per heavy atom. The van der Waals surface area contributed by atoms with E-state index in [1.54, 1.807) is 16.7 Å². The molecule has 0 unspecified atom stereocenters. The van der Waals surface area contributed by atoms with E-state index in [9.17, 15) is 0 Å². The molecular weight excluding hydrogens is 252 g/mol. The summed E-state index contributed by atoms with van der Waals surface area (Å²) < 4.78 is 0. The molecule has 0 nitrogen and oxygen atoms in total. The fraction of sp³-hybridized carbons (Fsp3) is 0.524. The number of benzene rings is 2. The van der Waals surface area contributed by atoms with Crippen LogP contribution < -0.4 is 0 Å². The molecule has 0 heterocycles. The Hall–Kier alpha value is -1.30. The van der Waals surface area contributed by atoms with E-state index in [2.05, 4.69) is 39.0 Å². The fourth-order valence-corrected chi connectivity index (χ4v) is 4.95. The first-order valence-corrected chi connectivity index (χ1v) is 8.66. The third kappa shape index (κ3) is 2.03. The number of hydrogen-bond donors (Lipinski definition) is 0. The van der Waals surface area contributed by atoms with Crippen molar-refractivity contribution in [2.75, 3.05) is 0 Å². The highest BCUT2D eigenvalue weighted by Gasteiger charge is 2.31. The van der Waals surface area contributed by atoms with E-state index in [1.165, 1.54) is 60.4 Å². The Bertz CT molecular complexity index is 708. The molecule has 0 aliphatic heterocycles. The van der Waals surface area contributed by atoms with Crippen LogP contribution in [-0.2, 0) is 12.8 Å². The van der Waals surface area contributed by atoms with Crippen molar-refractivity contribution in [3.8, 4) is 0 Å². The lowest BCUT2D eigenvalue weighted by Crippen LogP contribution is -2.28. The van der Waals surface area contributed by atoms with Gasteiger partial charge in [0.15, 0.2) is 0 Å². The molecule has 2 aromatic carbocycles. The first-order valence-electron chi connectivity index (χ1n) is 8.66. The second-order valence-corrected chi connectivity index (χ2v) is 7.46. The van der Waals surface area contributed by atoms with Crippen molar-refractivity contribution in [2.45, 2.75) is 59.3 Å². The van der Waals surface area contributed by atoms with Crippen molar-refractivity contribution in [1.82, 2.24) is 0 Å². The van der Waals surface area contributed by atoms with Gasteiger partial charge in [-0.2, -0.15) is 0 Å². The van der Waals surface area contributed by atoms with Gasteiger partial charge in [0.1, 0.15) is 0 Å². The number of hydrogen-bond acceptors (Lipinski definition) is 0. The van der Waals surface area contributed by atoms with E-state index in [0.717, 1.165) is 11.8 Å². The molecule has 2 aromatic rings. The summed E-state index contributed by atoms with van der Waals surface area (Å²) in [6.45, 7) is 6.91. The average molecular weight is 278 g/mol. The van der Waals surface area contributed by atoms with Crippen LogP contribution in [0.4, 0.5) is 0 Å². The Balaban J connectivity index is 1.91. The molecule has 0 radical (unpaired) electrons. The van der Waals surface area contributed by atoms with E-state index in [0.29, 0.717) is 0 Å². The molecule has 0 heteroatoms. The average Bonchev–Trinajstić information content (AvgIpc) is 2.49. The number of fused-ring (bicyclic) bond motifs is 3. The molecule has 4 rings (SSSR count). The topological polar surface area (TPSA) is 0 Å². The normalized spacial score (nSPS) is 24.7. The molecule has 21 heavy (non-hydrogen) atoms. The van der Waals surface area contributed by atoms with Crippen molar-refractivity contribution in [3.63, 3.8) is 0 Å². The van der Waals surface area contributed by atoms with Crippen molar-refractivity contribution >= 4 is 10.8 Å². The maximum Gasteiger partial charge on any atom is -0.0120 e. The lowest BCUT2D eigenvalue weighted by molar-refractivity contribution is 0.221. The van der Waals surface area contributed by atoms with Gasteiger partial charge in [0.2, 0.25) is 0 Å². The summed E-state index contributed by atoms with van der Waals surface area (Å²) in [4.78, 5) is 0. The van der Waals surface area contributed by atoms with Crippen molar-refractivity contribution < 1.29 is 0 Å². The van der Waals surface area contributed by atoms with Gasteiger partial charge in [-0.05, 0) is 96.9 Å². The Labute approximate surface area is 128 Å². The summed E-state index contributed by atoms with van der Waals surface area (Å²) in [6, 6.07) is 7.13. The van der Waals surface area contributed by atoms with Crippen LogP contribution >= 0.6 is 0 Å². The number of rotatable bonds is 0. The van der Waals surface area contributed by atoms with Crippen molar-refractivity contribution in [2.24, 2.45) is 11.8 Å². The van der Waals surface area contributed by atoms with Gasteiger partial charge in [-0.15, -0.1) is 0 Å². The second-order valence-electron chi connectivity index (χ2n) is 7.46. The molecule has 2 atom stereocenters. The third-order valence-corrected chi connectivity index (χ3v) is 6.33. The van der Waals surface area contributed by atoms with Gasteiger partial charge in [0.25, 0.3) is 0 Å². The molecule has 0 spiro atoms. The predicted molar refractivity (Wildman–Crippen MR) is 91.0 cm³/mol. The van der Waals surface area contributed by atoms with Crippen LogP contribution in [0.2, 0.25) is 0 Å². The van der Waals surface area contributed by atoms with Gasteiger partial charge >= 0.3 is 0 Å². The summed E-state index contributed by atoms with van der Waals surface area (Å²) in [5.74, 6) is 1.93. The smallest absolute Gasteiger partial charge is 0.0120 e. The molecule has 110 valence electrons. The minimum Gasteiger partial charge on any atom is -0.0584 e. The summed E-state index contributed by atoms with van der Waals surface area (Å²) in [7, 11) is 0. The van der Waals surface area contributed by atoms with Crippen LogP contribution in [0.1, 0.15) is 53.5 Å². The molecule has 1 saturated carbocycles. The largest absolute Gasteiger partial charge is 0.0584 e. The van der Waals surface area contributed by atoms with Crippen LogP contribution in [0.25, 0.3) is 10.8 Å². The molecule has 1 fully saturated rings. The van der Waals surface area contributed by atoms with E-state index in [1.807, 2.05) is 0 Å². The molecule has 0 N–H and O–H groups in total. The van der Waals surface area contributed by atoms with Crippen molar-refractivity contribution in [3.05, 3.63) is 46.0 Å². The maximum absolute atomic E-state index is 2.51. The third-order valence-electron chi connectivity index (χ3n) is 6.33. The van der Waals surface area contributed by atoms with E-state index < -0.39 is 0 Å². The highest BCUT2D eigenvalue weighted by molar-refractivity contribution is 5.91. The molecule has 0 aromatic heterocycles. The van der Waals surface area contributed by atoms with Gasteiger partial charge in [0, 0.05) is 0 Å². The molecule has 2 aliphatic rings. The van der Waals surface area contributed by atoms with Crippen molar-refractivity contribution in [1.29, 1.82) is 0 Å². The SMILES string of the molecule is Cc1ccc2cc3c(c(C)c2c1C)C[C@@H]1CCCC[C@@H]1C3. The zero-order chi connectivity index (χ0) is 14.6. The Morgan fingerprint density at radius 1 is 0.857 bits per heavy atom. The molecular formula is C21H26. The summed E-state index contributed by atoms with van der Waals surface area (Å²) in [5.41, 5.74) is 7.84. The Morgan fingerprint density at radius 3 is 2.33 bits per heavy atom. The monoisotopic (exact) mass is 278 g/mol. The van der Waals surface area contributed by atoms with E-state index >= 15 is 0 Å². The summed E-state index contributed by atoms with van der Waals surface area (Å²) >= 11 is 0. The first-order chi connectivity index (χ1) is 10.1. The summed E-state index contributed by atoms with van der Waals surface area (Å²) in [5, 5.41) is 2.99. The zero-order valence-electron chi connectivity index (χ0n) is 13.6. The zero-order valence-corrected chi connectivity index (χ0v) is 13.6. The van der Waals surface area contributed by atoms with Crippen LogP contribution in [0.3, 0.4) is 0 Å². The summed E-state index contributed by atoms with van der Waals surface area (Å²) in [6.07, 6.45) is 8.53.